The van der Waals surface area contributed by atoms with E-state index in [1.807, 2.05) is 34.6 Å². The molecule has 0 radical (unpaired) electrons. The van der Waals surface area contributed by atoms with Crippen molar-refractivity contribution in [1.82, 2.24) is 9.78 Å². The molecule has 0 saturated carbocycles. The van der Waals surface area contributed by atoms with Gasteiger partial charge in [-0.1, -0.05) is 0 Å². The van der Waals surface area contributed by atoms with Crippen LogP contribution in [0.3, 0.4) is 0 Å². The molecule has 1 aromatic rings. The van der Waals surface area contributed by atoms with Gasteiger partial charge in [-0.15, -0.1) is 0 Å². The molecule has 0 amide bonds. The van der Waals surface area contributed by atoms with Gasteiger partial charge in [-0.2, -0.15) is 5.10 Å². The van der Waals surface area contributed by atoms with Gasteiger partial charge >= 0.3 is 13.1 Å². The monoisotopic (exact) mass is 280 g/mol. The molecule has 110 valence electrons. The van der Waals surface area contributed by atoms with Gasteiger partial charge in [0.1, 0.15) is 6.54 Å². The molecule has 0 bridgehead atoms. The summed E-state index contributed by atoms with van der Waals surface area (Å²) in [6, 6.07) is 0. The van der Waals surface area contributed by atoms with Crippen molar-refractivity contribution in [2.24, 2.45) is 0 Å². The van der Waals surface area contributed by atoms with Crippen LogP contribution in [-0.4, -0.2) is 41.2 Å². The molecule has 0 aliphatic carbocycles. The third-order valence-electron chi connectivity index (χ3n) is 4.01. The van der Waals surface area contributed by atoms with Crippen molar-refractivity contribution in [2.45, 2.75) is 52.4 Å². The molecule has 20 heavy (non-hydrogen) atoms. The summed E-state index contributed by atoms with van der Waals surface area (Å²) in [5.74, 6) is -0.340. The topological polar surface area (TPSA) is 62.6 Å². The molecule has 7 heteroatoms. The number of nitrogens with zero attached hydrogens (tertiary/aromatic N) is 2. The van der Waals surface area contributed by atoms with Crippen molar-refractivity contribution < 1.29 is 18.8 Å². The summed E-state index contributed by atoms with van der Waals surface area (Å²) in [5, 5.41) is 4.29. The Morgan fingerprint density at radius 3 is 2.40 bits per heavy atom. The van der Waals surface area contributed by atoms with Gasteiger partial charge in [0, 0.05) is 11.7 Å². The number of carbonyl (C=O) groups is 1. The van der Waals surface area contributed by atoms with Crippen LogP contribution in [0.4, 0.5) is 0 Å². The van der Waals surface area contributed by atoms with Gasteiger partial charge in [-0.05, 0) is 34.6 Å². The Hall–Kier alpha value is -1.34. The zero-order valence-electron chi connectivity index (χ0n) is 12.9. The van der Waals surface area contributed by atoms with E-state index >= 15 is 0 Å². The number of rotatable bonds is 3. The van der Waals surface area contributed by atoms with E-state index in [4.69, 9.17) is 9.31 Å². The lowest BCUT2D eigenvalue weighted by Crippen LogP contribution is -2.41. The van der Waals surface area contributed by atoms with Gasteiger partial charge in [0.2, 0.25) is 0 Å². The zero-order valence-corrected chi connectivity index (χ0v) is 12.9. The van der Waals surface area contributed by atoms with Crippen LogP contribution in [0.1, 0.15) is 33.4 Å². The number of ether oxygens (including phenoxy) is 1. The van der Waals surface area contributed by atoms with E-state index in [1.165, 1.54) is 7.11 Å². The van der Waals surface area contributed by atoms with Crippen molar-refractivity contribution in [3.8, 4) is 0 Å². The second-order valence-electron chi connectivity index (χ2n) is 6.03. The predicted molar refractivity (Wildman–Crippen MR) is 74.7 cm³/mol. The molecule has 1 aliphatic rings. The maximum absolute atomic E-state index is 11.3. The fourth-order valence-electron chi connectivity index (χ4n) is 2.01. The van der Waals surface area contributed by atoms with E-state index < -0.39 is 18.3 Å². The molecule has 2 rings (SSSR count). The largest absolute Gasteiger partial charge is 0.498 e. The van der Waals surface area contributed by atoms with E-state index in [9.17, 15) is 4.79 Å². The third-order valence-corrected chi connectivity index (χ3v) is 4.01. The molecule has 0 atom stereocenters. The molecule has 1 aliphatic heterocycles. The van der Waals surface area contributed by atoms with Gasteiger partial charge < -0.3 is 14.0 Å². The fraction of sp³-hybridized carbons (Fsp3) is 0.692. The highest BCUT2D eigenvalue weighted by atomic mass is 16.7. The van der Waals surface area contributed by atoms with E-state index in [2.05, 4.69) is 9.84 Å². The molecule has 0 aromatic carbocycles. The molecular weight excluding hydrogens is 259 g/mol. The number of hydrogen-bond acceptors (Lipinski definition) is 5. The lowest BCUT2D eigenvalue weighted by molar-refractivity contribution is -0.141. The minimum Gasteiger partial charge on any atom is -0.468 e. The van der Waals surface area contributed by atoms with Crippen molar-refractivity contribution in [1.29, 1.82) is 0 Å². The van der Waals surface area contributed by atoms with E-state index in [0.717, 1.165) is 11.2 Å². The van der Waals surface area contributed by atoms with Gasteiger partial charge in [-0.25, -0.2) is 0 Å². The van der Waals surface area contributed by atoms with Crippen molar-refractivity contribution in [2.75, 3.05) is 7.11 Å². The van der Waals surface area contributed by atoms with Gasteiger partial charge in [0.15, 0.2) is 0 Å². The van der Waals surface area contributed by atoms with Crippen LogP contribution in [0, 0.1) is 6.92 Å². The number of esters is 1. The maximum Gasteiger partial charge on any atom is 0.498 e. The first-order valence-corrected chi connectivity index (χ1v) is 6.63. The second kappa shape index (κ2) is 4.89. The first-order chi connectivity index (χ1) is 9.16. The normalized spacial score (nSPS) is 20.2. The van der Waals surface area contributed by atoms with Gasteiger partial charge in [0.25, 0.3) is 0 Å². The average molecular weight is 280 g/mol. The molecule has 1 fully saturated rings. The molecule has 0 spiro atoms. The highest BCUT2D eigenvalue weighted by Crippen LogP contribution is 2.36. The molecule has 0 unspecified atom stereocenters. The fourth-order valence-corrected chi connectivity index (χ4v) is 2.01. The second-order valence-corrected chi connectivity index (χ2v) is 6.03. The number of aromatic nitrogens is 2. The molecule has 6 nitrogen and oxygen atoms in total. The first kappa shape index (κ1) is 15.1. The van der Waals surface area contributed by atoms with Crippen LogP contribution in [0.15, 0.2) is 6.20 Å². The third kappa shape index (κ3) is 2.60. The van der Waals surface area contributed by atoms with Crippen molar-refractivity contribution >= 4 is 18.6 Å². The Bertz CT molecular complexity index is 508. The molecule has 1 saturated heterocycles. The van der Waals surface area contributed by atoms with Crippen LogP contribution in [0.2, 0.25) is 0 Å². The quantitative estimate of drug-likeness (QED) is 0.601. The Morgan fingerprint density at radius 2 is 1.90 bits per heavy atom. The molecule has 1 aromatic heterocycles. The summed E-state index contributed by atoms with van der Waals surface area (Å²) >= 11 is 0. The SMILES string of the molecule is COC(=O)Cn1cc(B2OC(C)(C)C(C)(C)O2)c(C)n1. The predicted octanol–water partition coefficient (Wildman–Crippen LogP) is 0.664. The van der Waals surface area contributed by atoms with Crippen molar-refractivity contribution in [3.05, 3.63) is 11.9 Å². The average Bonchev–Trinajstić information content (AvgIpc) is 2.77. The number of methoxy groups -OCH3 is 1. The highest BCUT2D eigenvalue weighted by molar-refractivity contribution is 6.62. The molecule has 2 heterocycles. The minimum atomic E-state index is -0.466. The Kier molecular flexibility index (Phi) is 3.68. The van der Waals surface area contributed by atoms with Gasteiger partial charge in [0.05, 0.1) is 24.0 Å². The minimum absolute atomic E-state index is 0.0802. The van der Waals surface area contributed by atoms with Crippen LogP contribution >= 0.6 is 0 Å². The maximum atomic E-state index is 11.3. The lowest BCUT2D eigenvalue weighted by atomic mass is 9.79. The highest BCUT2D eigenvalue weighted by Gasteiger charge is 2.52. The summed E-state index contributed by atoms with van der Waals surface area (Å²) in [6.45, 7) is 9.95. The lowest BCUT2D eigenvalue weighted by Gasteiger charge is -2.32. The Labute approximate surface area is 119 Å². The summed E-state index contributed by atoms with van der Waals surface area (Å²) in [6.07, 6.45) is 1.77. The van der Waals surface area contributed by atoms with Gasteiger partial charge in [-0.3, -0.25) is 9.48 Å². The number of aryl methyl sites for hydroxylation is 1. The molecular formula is C13H21BN2O4. The van der Waals surface area contributed by atoms with Crippen LogP contribution in [-0.2, 0) is 25.4 Å². The van der Waals surface area contributed by atoms with E-state index in [0.29, 0.717) is 0 Å². The van der Waals surface area contributed by atoms with Crippen molar-refractivity contribution in [3.63, 3.8) is 0 Å². The number of hydrogen-bond donors (Lipinski definition) is 0. The van der Waals surface area contributed by atoms with E-state index in [1.54, 1.807) is 10.9 Å². The first-order valence-electron chi connectivity index (χ1n) is 6.63. The summed E-state index contributed by atoms with van der Waals surface area (Å²) in [7, 11) is 0.889. The Balaban J connectivity index is 2.21. The van der Waals surface area contributed by atoms with Crippen LogP contribution in [0.5, 0.6) is 0 Å². The van der Waals surface area contributed by atoms with E-state index in [-0.39, 0.29) is 12.5 Å². The standard InChI is InChI=1S/C13H21BN2O4/c1-9-10(7-16(15-9)8-11(17)18-6)14-19-12(2,3)13(4,5)20-14/h7H,8H2,1-6H3. The zero-order chi connectivity index (χ0) is 15.1. The summed E-state index contributed by atoms with van der Waals surface area (Å²) in [4.78, 5) is 11.3. The summed E-state index contributed by atoms with van der Waals surface area (Å²) in [5.41, 5.74) is 0.836. The number of carbonyl (C=O) groups excluding carboxylic acids is 1. The summed E-state index contributed by atoms with van der Waals surface area (Å²) < 4.78 is 18.1. The van der Waals surface area contributed by atoms with Crippen LogP contribution < -0.4 is 5.46 Å². The smallest absolute Gasteiger partial charge is 0.468 e. The van der Waals surface area contributed by atoms with Crippen LogP contribution in [0.25, 0.3) is 0 Å². The Morgan fingerprint density at radius 1 is 1.35 bits per heavy atom. The molecule has 0 N–H and O–H groups in total.